The van der Waals surface area contributed by atoms with Gasteiger partial charge in [0.2, 0.25) is 5.91 Å². The molecule has 2 heterocycles. The molecule has 3 rings (SSSR count). The molecule has 0 aliphatic rings. The van der Waals surface area contributed by atoms with Crippen LogP contribution in [0.1, 0.15) is 30.5 Å². The largest absolute Gasteiger partial charge is 0.404 e. The number of benzene rings is 1. The number of aromatic amines is 1. The van der Waals surface area contributed by atoms with E-state index in [1.165, 1.54) is 6.08 Å². The number of H-pyrrole nitrogens is 1. The van der Waals surface area contributed by atoms with Crippen LogP contribution in [-0.4, -0.2) is 28.6 Å². The van der Waals surface area contributed by atoms with Crippen LogP contribution in [0, 0.1) is 6.92 Å². The van der Waals surface area contributed by atoms with E-state index >= 15 is 0 Å². The third kappa shape index (κ3) is 4.47. The van der Waals surface area contributed by atoms with Crippen molar-refractivity contribution in [1.29, 1.82) is 0 Å². The Morgan fingerprint density at radius 2 is 2.19 bits per heavy atom. The SMILES string of the molecule is C=CC(=O)Nc1cc(-c2c(SI)[nH]c3ncc(/C(=C/N)C(C)=NC)c(CC)c23)ccc1C. The Hall–Kier alpha value is -2.59. The van der Waals surface area contributed by atoms with Gasteiger partial charge in [0.25, 0.3) is 0 Å². The Balaban J connectivity index is 2.35. The van der Waals surface area contributed by atoms with Crippen LogP contribution in [0.4, 0.5) is 5.69 Å². The predicted molar refractivity (Wildman–Crippen MR) is 146 cm³/mol. The van der Waals surface area contributed by atoms with Crippen molar-refractivity contribution in [2.24, 2.45) is 10.7 Å². The molecular weight excluding hydrogens is 533 g/mol. The highest BCUT2D eigenvalue weighted by Gasteiger charge is 2.22. The van der Waals surface area contributed by atoms with E-state index in [9.17, 15) is 4.79 Å². The summed E-state index contributed by atoms with van der Waals surface area (Å²) in [5, 5.41) is 4.96. The first-order valence-corrected chi connectivity index (χ1v) is 13.5. The third-order valence-corrected chi connectivity index (χ3v) is 7.26. The van der Waals surface area contributed by atoms with E-state index in [-0.39, 0.29) is 5.91 Å². The van der Waals surface area contributed by atoms with Crippen molar-refractivity contribution in [2.75, 3.05) is 12.4 Å². The molecule has 0 saturated heterocycles. The smallest absolute Gasteiger partial charge is 0.247 e. The lowest BCUT2D eigenvalue weighted by Crippen LogP contribution is -2.08. The zero-order valence-corrected chi connectivity index (χ0v) is 21.5. The summed E-state index contributed by atoms with van der Waals surface area (Å²) >= 11 is 2.28. The molecule has 0 atom stereocenters. The van der Waals surface area contributed by atoms with Gasteiger partial charge in [-0.2, -0.15) is 0 Å². The zero-order chi connectivity index (χ0) is 23.4. The summed E-state index contributed by atoms with van der Waals surface area (Å²) in [7, 11) is 3.36. The molecule has 2 aromatic heterocycles. The van der Waals surface area contributed by atoms with Crippen molar-refractivity contribution in [2.45, 2.75) is 32.2 Å². The van der Waals surface area contributed by atoms with E-state index in [4.69, 9.17) is 10.7 Å². The van der Waals surface area contributed by atoms with E-state index in [0.717, 1.165) is 67.3 Å². The minimum Gasteiger partial charge on any atom is -0.404 e. The number of hydrogen-bond donors (Lipinski definition) is 3. The maximum absolute atomic E-state index is 11.9. The van der Waals surface area contributed by atoms with Crippen LogP contribution in [0.5, 0.6) is 0 Å². The van der Waals surface area contributed by atoms with Gasteiger partial charge in [-0.3, -0.25) is 9.79 Å². The number of aliphatic imine (C=N–C) groups is 1. The third-order valence-electron chi connectivity index (χ3n) is 5.48. The number of anilines is 1. The number of rotatable bonds is 7. The van der Waals surface area contributed by atoms with Crippen LogP contribution < -0.4 is 11.1 Å². The van der Waals surface area contributed by atoms with Gasteiger partial charge < -0.3 is 16.0 Å². The van der Waals surface area contributed by atoms with Gasteiger partial charge >= 0.3 is 0 Å². The summed E-state index contributed by atoms with van der Waals surface area (Å²) in [5.41, 5.74) is 14.4. The van der Waals surface area contributed by atoms with E-state index in [1.807, 2.05) is 32.2 Å². The number of nitrogens with two attached hydrogens (primary N) is 1. The molecule has 1 amide bonds. The molecule has 166 valence electrons. The van der Waals surface area contributed by atoms with Crippen LogP contribution in [-0.2, 0) is 11.2 Å². The molecule has 0 fully saturated rings. The normalized spacial score (nSPS) is 12.3. The van der Waals surface area contributed by atoms with Crippen LogP contribution in [0.2, 0.25) is 0 Å². The van der Waals surface area contributed by atoms with E-state index < -0.39 is 0 Å². The number of allylic oxidation sites excluding steroid dienone is 1. The molecule has 0 aliphatic heterocycles. The fourth-order valence-electron chi connectivity index (χ4n) is 3.75. The molecule has 0 bridgehead atoms. The van der Waals surface area contributed by atoms with Gasteiger partial charge in [0.05, 0.1) is 5.03 Å². The van der Waals surface area contributed by atoms with Crippen LogP contribution >= 0.6 is 30.1 Å². The van der Waals surface area contributed by atoms with Gasteiger partial charge in [-0.25, -0.2) is 4.98 Å². The van der Waals surface area contributed by atoms with E-state index in [0.29, 0.717) is 0 Å². The topological polar surface area (TPSA) is 96.2 Å². The lowest BCUT2D eigenvalue weighted by molar-refractivity contribution is -0.111. The molecule has 1 aromatic carbocycles. The van der Waals surface area contributed by atoms with Gasteiger partial charge in [0.15, 0.2) is 0 Å². The molecule has 3 aromatic rings. The minimum absolute atomic E-state index is 0.238. The van der Waals surface area contributed by atoms with Crippen molar-refractivity contribution in [3.63, 3.8) is 0 Å². The number of carbonyl (C=O) groups excluding carboxylic acids is 1. The molecular formula is C24H26IN5OS. The Morgan fingerprint density at radius 1 is 1.44 bits per heavy atom. The molecule has 0 aliphatic carbocycles. The summed E-state index contributed by atoms with van der Waals surface area (Å²) < 4.78 is 0. The van der Waals surface area contributed by atoms with Crippen molar-refractivity contribution in [3.05, 3.63) is 59.9 Å². The quantitative estimate of drug-likeness (QED) is 0.186. The average molecular weight is 559 g/mol. The van der Waals surface area contributed by atoms with Gasteiger partial charge in [-0.1, -0.05) is 25.6 Å². The molecule has 0 spiro atoms. The molecule has 0 unspecified atom stereocenters. The number of fused-ring (bicyclic) bond motifs is 1. The second kappa shape index (κ2) is 10.4. The van der Waals surface area contributed by atoms with Gasteiger partial charge in [0.1, 0.15) is 5.65 Å². The first-order chi connectivity index (χ1) is 15.4. The number of nitrogens with zero attached hydrogens (tertiary/aromatic N) is 2. The van der Waals surface area contributed by atoms with Gasteiger partial charge in [-0.05, 0) is 58.0 Å². The highest BCUT2D eigenvalue weighted by atomic mass is 127. The number of carbonyl (C=O) groups is 1. The molecule has 0 radical (unpaired) electrons. The van der Waals surface area contributed by atoms with Gasteiger partial charge in [-0.15, -0.1) is 0 Å². The number of halogens is 1. The fraction of sp³-hybridized carbons (Fsp3) is 0.208. The highest BCUT2D eigenvalue weighted by Crippen LogP contribution is 2.43. The second-order valence-electron chi connectivity index (χ2n) is 7.25. The predicted octanol–water partition coefficient (Wildman–Crippen LogP) is 6.06. The standard InChI is InChI=1S/C24H26IN5OS/c1-6-16-18(17(11-26)14(4)27-5)12-28-23-22(16)21(24(30-23)32-25)15-9-8-13(3)19(10-15)29-20(31)7-2/h7-12H,2,6,26H2,1,3-5H3,(H,28,30)(H,29,31)/b17-11+,27-14?. The lowest BCUT2D eigenvalue weighted by Gasteiger charge is -2.14. The summed E-state index contributed by atoms with van der Waals surface area (Å²) in [4.78, 5) is 24.4. The Kier molecular flexibility index (Phi) is 7.78. The molecule has 0 saturated carbocycles. The number of hydrogen-bond acceptors (Lipinski definition) is 5. The Labute approximate surface area is 204 Å². The van der Waals surface area contributed by atoms with E-state index in [2.05, 4.69) is 56.1 Å². The summed E-state index contributed by atoms with van der Waals surface area (Å²) in [6.45, 7) is 9.59. The van der Waals surface area contributed by atoms with Crippen molar-refractivity contribution in [1.82, 2.24) is 9.97 Å². The Bertz CT molecular complexity index is 1260. The second-order valence-corrected chi connectivity index (χ2v) is 9.13. The highest BCUT2D eigenvalue weighted by molar-refractivity contribution is 14.2. The average Bonchev–Trinajstić information content (AvgIpc) is 3.19. The maximum Gasteiger partial charge on any atom is 0.247 e. The Morgan fingerprint density at radius 3 is 2.78 bits per heavy atom. The summed E-state index contributed by atoms with van der Waals surface area (Å²) in [6.07, 6.45) is 5.53. The minimum atomic E-state index is -0.238. The monoisotopic (exact) mass is 559 g/mol. The van der Waals surface area contributed by atoms with Crippen molar-refractivity contribution >= 4 is 64.1 Å². The zero-order valence-electron chi connectivity index (χ0n) is 18.5. The van der Waals surface area contributed by atoms with Crippen molar-refractivity contribution in [3.8, 4) is 11.1 Å². The number of nitrogens with one attached hydrogen (secondary N) is 2. The summed E-state index contributed by atoms with van der Waals surface area (Å²) in [5.74, 6) is -0.238. The molecule has 6 nitrogen and oxygen atoms in total. The number of aromatic nitrogens is 2. The molecule has 32 heavy (non-hydrogen) atoms. The van der Waals surface area contributed by atoms with Gasteiger partial charge in [0, 0.05) is 74.1 Å². The number of aryl methyl sites for hydroxylation is 2. The first kappa shape index (κ1) is 24.1. The van der Waals surface area contributed by atoms with Crippen LogP contribution in [0.3, 0.4) is 0 Å². The van der Waals surface area contributed by atoms with Crippen LogP contribution in [0.25, 0.3) is 27.7 Å². The van der Waals surface area contributed by atoms with Crippen molar-refractivity contribution < 1.29 is 4.79 Å². The number of pyridine rings is 1. The molecule has 4 N–H and O–H groups in total. The lowest BCUT2D eigenvalue weighted by atomic mass is 9.92. The first-order valence-electron chi connectivity index (χ1n) is 10.1. The summed E-state index contributed by atoms with van der Waals surface area (Å²) in [6, 6.07) is 6.08. The number of amides is 1. The van der Waals surface area contributed by atoms with E-state index in [1.54, 1.807) is 22.2 Å². The fourth-order valence-corrected chi connectivity index (χ4v) is 5.17. The van der Waals surface area contributed by atoms with Crippen LogP contribution in [0.15, 0.2) is 53.3 Å². The maximum atomic E-state index is 11.9. The molecule has 8 heteroatoms.